The zero-order valence-corrected chi connectivity index (χ0v) is 11.4. The third-order valence-corrected chi connectivity index (χ3v) is 2.64. The quantitative estimate of drug-likeness (QED) is 0.426. The van der Waals surface area contributed by atoms with Gasteiger partial charge in [-0.3, -0.25) is 0 Å². The van der Waals surface area contributed by atoms with Gasteiger partial charge in [0, 0.05) is 0 Å². The van der Waals surface area contributed by atoms with Crippen LogP contribution in [0, 0.1) is 0 Å². The molecule has 1 aromatic rings. The summed E-state index contributed by atoms with van der Waals surface area (Å²) < 4.78 is 4.60. The smallest absolute Gasteiger partial charge is 0.340 e. The van der Waals surface area contributed by atoms with Gasteiger partial charge in [-0.1, -0.05) is 23.2 Å². The van der Waals surface area contributed by atoms with Gasteiger partial charge in [0.2, 0.25) is 5.96 Å². The Hall–Kier alpha value is -1.99. The Labute approximate surface area is 119 Å². The fourth-order valence-electron chi connectivity index (χ4n) is 1.18. The van der Waals surface area contributed by atoms with E-state index in [1.165, 1.54) is 19.2 Å². The molecular formula is C10H11Cl2N5O2. The van der Waals surface area contributed by atoms with Crippen molar-refractivity contribution in [3.63, 3.8) is 0 Å². The molecule has 0 bridgehead atoms. The van der Waals surface area contributed by atoms with E-state index < -0.39 is 5.97 Å². The third kappa shape index (κ3) is 4.01. The summed E-state index contributed by atoms with van der Waals surface area (Å²) >= 11 is 11.7. The highest BCUT2D eigenvalue weighted by molar-refractivity contribution is 6.42. The first-order valence-electron chi connectivity index (χ1n) is 4.86. The van der Waals surface area contributed by atoms with Gasteiger partial charge >= 0.3 is 5.97 Å². The molecule has 0 heterocycles. The lowest BCUT2D eigenvalue weighted by atomic mass is 10.2. The van der Waals surface area contributed by atoms with Crippen molar-refractivity contribution in [1.82, 2.24) is 0 Å². The standard InChI is InChI=1S/C10H11Cl2N5O2/c1-19-8(18)4-2-5(11)6(12)3-7(4)16-10(15)17-9(13)14/h2-3H,1H3,(H6,13,14,15,16,17). The minimum absolute atomic E-state index is 0.0886. The predicted octanol–water partition coefficient (Wildman–Crippen LogP) is 1.000. The monoisotopic (exact) mass is 303 g/mol. The molecule has 0 spiro atoms. The van der Waals surface area contributed by atoms with Crippen molar-refractivity contribution in [2.75, 3.05) is 7.11 Å². The molecule has 0 amide bonds. The summed E-state index contributed by atoms with van der Waals surface area (Å²) in [5.74, 6) is -1.14. The van der Waals surface area contributed by atoms with E-state index in [4.69, 9.17) is 40.4 Å². The average Bonchev–Trinajstić information content (AvgIpc) is 2.31. The van der Waals surface area contributed by atoms with Crippen molar-refractivity contribution < 1.29 is 9.53 Å². The summed E-state index contributed by atoms with van der Waals surface area (Å²) in [7, 11) is 1.22. The van der Waals surface area contributed by atoms with Gasteiger partial charge in [-0.2, -0.15) is 4.99 Å². The number of benzene rings is 1. The number of carbonyl (C=O) groups excluding carboxylic acids is 1. The first-order valence-corrected chi connectivity index (χ1v) is 5.62. The predicted molar refractivity (Wildman–Crippen MR) is 74.9 cm³/mol. The summed E-state index contributed by atoms with van der Waals surface area (Å²) in [4.78, 5) is 19.0. The number of esters is 1. The van der Waals surface area contributed by atoms with Crippen LogP contribution in [0.2, 0.25) is 10.0 Å². The maximum absolute atomic E-state index is 11.6. The maximum atomic E-state index is 11.6. The Bertz CT molecular complexity index is 567. The molecule has 7 nitrogen and oxygen atoms in total. The first-order chi connectivity index (χ1) is 8.85. The molecular weight excluding hydrogens is 293 g/mol. The molecule has 9 heteroatoms. The van der Waals surface area contributed by atoms with Gasteiger partial charge in [0.1, 0.15) is 0 Å². The van der Waals surface area contributed by atoms with Gasteiger partial charge in [0.25, 0.3) is 0 Å². The van der Waals surface area contributed by atoms with Crippen LogP contribution in [0.15, 0.2) is 22.1 Å². The highest BCUT2D eigenvalue weighted by Crippen LogP contribution is 2.31. The van der Waals surface area contributed by atoms with E-state index in [1.807, 2.05) is 0 Å². The number of halogens is 2. The number of guanidine groups is 2. The fourth-order valence-corrected chi connectivity index (χ4v) is 1.50. The van der Waals surface area contributed by atoms with E-state index in [9.17, 15) is 4.79 Å². The molecule has 1 aromatic carbocycles. The van der Waals surface area contributed by atoms with Crippen LogP contribution in [-0.4, -0.2) is 25.0 Å². The molecule has 1 rings (SSSR count). The number of methoxy groups -OCH3 is 1. The van der Waals surface area contributed by atoms with E-state index in [2.05, 4.69) is 14.7 Å². The van der Waals surface area contributed by atoms with Crippen molar-refractivity contribution in [3.05, 3.63) is 27.7 Å². The fraction of sp³-hybridized carbons (Fsp3) is 0.100. The second-order valence-corrected chi connectivity index (χ2v) is 4.10. The topological polar surface area (TPSA) is 129 Å². The average molecular weight is 304 g/mol. The molecule has 0 aliphatic rings. The number of hydrogen-bond donors (Lipinski definition) is 3. The highest BCUT2D eigenvalue weighted by atomic mass is 35.5. The zero-order chi connectivity index (χ0) is 14.6. The van der Waals surface area contributed by atoms with E-state index >= 15 is 0 Å². The van der Waals surface area contributed by atoms with Crippen LogP contribution in [0.5, 0.6) is 0 Å². The Morgan fingerprint density at radius 1 is 1.21 bits per heavy atom. The second kappa shape index (κ2) is 6.26. The molecule has 0 aromatic heterocycles. The van der Waals surface area contributed by atoms with Crippen LogP contribution in [0.3, 0.4) is 0 Å². The van der Waals surface area contributed by atoms with Gasteiger partial charge in [-0.25, -0.2) is 9.79 Å². The SMILES string of the molecule is COC(=O)c1cc(Cl)c(Cl)cc1N=C(N)N=C(N)N. The van der Waals surface area contributed by atoms with Crippen LogP contribution in [0.25, 0.3) is 0 Å². The highest BCUT2D eigenvalue weighted by Gasteiger charge is 2.15. The van der Waals surface area contributed by atoms with Crippen LogP contribution in [0.1, 0.15) is 10.4 Å². The summed E-state index contributed by atoms with van der Waals surface area (Å²) in [5, 5.41) is 0.381. The van der Waals surface area contributed by atoms with E-state index in [0.717, 1.165) is 0 Å². The molecule has 0 unspecified atom stereocenters. The Balaban J connectivity index is 3.37. The number of ether oxygens (including phenoxy) is 1. The first kappa shape index (κ1) is 15.1. The number of nitrogens with two attached hydrogens (primary N) is 3. The largest absolute Gasteiger partial charge is 0.465 e. The number of hydrogen-bond acceptors (Lipinski definition) is 3. The van der Waals surface area contributed by atoms with Gasteiger partial charge in [0.05, 0.1) is 28.4 Å². The van der Waals surface area contributed by atoms with Crippen LogP contribution >= 0.6 is 23.2 Å². The lowest BCUT2D eigenvalue weighted by Gasteiger charge is -2.06. The van der Waals surface area contributed by atoms with Crippen LogP contribution < -0.4 is 17.2 Å². The summed E-state index contributed by atoms with van der Waals surface area (Å²) in [5.41, 5.74) is 16.0. The normalized spacial score (nSPS) is 11.0. The molecule has 0 saturated carbocycles. The molecule has 0 saturated heterocycles. The van der Waals surface area contributed by atoms with E-state index in [-0.39, 0.29) is 33.2 Å². The maximum Gasteiger partial charge on any atom is 0.340 e. The Morgan fingerprint density at radius 3 is 2.32 bits per heavy atom. The van der Waals surface area contributed by atoms with Crippen molar-refractivity contribution in [3.8, 4) is 0 Å². The van der Waals surface area contributed by atoms with Crippen molar-refractivity contribution in [2.45, 2.75) is 0 Å². The summed E-state index contributed by atoms with van der Waals surface area (Å²) in [6.07, 6.45) is 0. The Kier molecular flexibility index (Phi) is 4.96. The molecule has 102 valence electrons. The number of nitrogens with zero attached hydrogens (tertiary/aromatic N) is 2. The number of rotatable bonds is 2. The van der Waals surface area contributed by atoms with Gasteiger partial charge < -0.3 is 21.9 Å². The van der Waals surface area contributed by atoms with E-state index in [0.29, 0.717) is 0 Å². The van der Waals surface area contributed by atoms with Gasteiger partial charge in [0.15, 0.2) is 5.96 Å². The van der Waals surface area contributed by atoms with Gasteiger partial charge in [-0.05, 0) is 12.1 Å². The molecule has 6 N–H and O–H groups in total. The number of carbonyl (C=O) groups is 1. The Morgan fingerprint density at radius 2 is 1.79 bits per heavy atom. The summed E-state index contributed by atoms with van der Waals surface area (Å²) in [6, 6.07) is 2.67. The van der Waals surface area contributed by atoms with E-state index in [1.54, 1.807) is 0 Å². The molecule has 0 radical (unpaired) electrons. The molecule has 0 aliphatic heterocycles. The zero-order valence-electron chi connectivity index (χ0n) is 9.85. The minimum atomic E-state index is -0.644. The van der Waals surface area contributed by atoms with Crippen LogP contribution in [-0.2, 0) is 4.74 Å². The molecule has 0 atom stereocenters. The van der Waals surface area contributed by atoms with Crippen molar-refractivity contribution in [1.29, 1.82) is 0 Å². The second-order valence-electron chi connectivity index (χ2n) is 3.28. The lowest BCUT2D eigenvalue weighted by Crippen LogP contribution is -2.26. The molecule has 19 heavy (non-hydrogen) atoms. The van der Waals surface area contributed by atoms with Crippen molar-refractivity contribution >= 4 is 46.8 Å². The van der Waals surface area contributed by atoms with Crippen LogP contribution in [0.4, 0.5) is 5.69 Å². The molecule has 0 aliphatic carbocycles. The lowest BCUT2D eigenvalue weighted by molar-refractivity contribution is 0.0602. The van der Waals surface area contributed by atoms with Crippen molar-refractivity contribution in [2.24, 2.45) is 27.2 Å². The van der Waals surface area contributed by atoms with Gasteiger partial charge in [-0.15, -0.1) is 0 Å². The summed E-state index contributed by atoms with van der Waals surface area (Å²) in [6.45, 7) is 0. The molecule has 0 fully saturated rings. The number of aliphatic imine (C=N–C) groups is 2. The minimum Gasteiger partial charge on any atom is -0.465 e. The third-order valence-electron chi connectivity index (χ3n) is 1.92.